The standard InChI is InChI=1S/C14H19N3O3.ClH/c1-10-8-16(9-11(2)15-10)14(18)7-12-3-5-13(6-4-12)17(19)20;/h3-6,10-11,15H,7-9H2,1-2H3;1H. The van der Waals surface area contributed by atoms with E-state index in [4.69, 9.17) is 0 Å². The van der Waals surface area contributed by atoms with E-state index < -0.39 is 4.92 Å². The molecule has 1 fully saturated rings. The zero-order valence-corrected chi connectivity index (χ0v) is 12.9. The van der Waals surface area contributed by atoms with Crippen molar-refractivity contribution < 1.29 is 9.72 Å². The Morgan fingerprint density at radius 2 is 1.81 bits per heavy atom. The lowest BCUT2D eigenvalue weighted by atomic mass is 10.1. The van der Waals surface area contributed by atoms with Gasteiger partial charge >= 0.3 is 0 Å². The van der Waals surface area contributed by atoms with Crippen LogP contribution >= 0.6 is 12.4 Å². The van der Waals surface area contributed by atoms with Crippen LogP contribution in [-0.4, -0.2) is 40.9 Å². The van der Waals surface area contributed by atoms with E-state index in [9.17, 15) is 14.9 Å². The van der Waals surface area contributed by atoms with Crippen molar-refractivity contribution in [1.82, 2.24) is 10.2 Å². The summed E-state index contributed by atoms with van der Waals surface area (Å²) in [6.07, 6.45) is 0.289. The lowest BCUT2D eigenvalue weighted by Gasteiger charge is -2.36. The van der Waals surface area contributed by atoms with Crippen molar-refractivity contribution in [3.63, 3.8) is 0 Å². The second-order valence-electron chi connectivity index (χ2n) is 5.37. The maximum atomic E-state index is 12.2. The highest BCUT2D eigenvalue weighted by molar-refractivity contribution is 5.85. The van der Waals surface area contributed by atoms with Gasteiger partial charge in [-0.05, 0) is 19.4 Å². The molecule has 1 amide bonds. The number of carbonyl (C=O) groups is 1. The predicted octanol–water partition coefficient (Wildman–Crippen LogP) is 1.77. The molecule has 21 heavy (non-hydrogen) atoms. The molecule has 7 heteroatoms. The fraction of sp³-hybridized carbons (Fsp3) is 0.500. The Balaban J connectivity index is 0.00000220. The van der Waals surface area contributed by atoms with Gasteiger partial charge in [-0.25, -0.2) is 0 Å². The van der Waals surface area contributed by atoms with Crippen molar-refractivity contribution in [1.29, 1.82) is 0 Å². The molecule has 1 aliphatic heterocycles. The molecule has 0 aliphatic carbocycles. The quantitative estimate of drug-likeness (QED) is 0.681. The first-order valence-electron chi connectivity index (χ1n) is 6.73. The molecular weight excluding hydrogens is 294 g/mol. The molecule has 1 aliphatic rings. The number of nitro benzene ring substituents is 1. The number of carbonyl (C=O) groups excluding carboxylic acids is 1. The van der Waals surface area contributed by atoms with E-state index in [1.807, 2.05) is 4.90 Å². The number of piperazine rings is 1. The Hall–Kier alpha value is -1.66. The number of amides is 1. The molecule has 1 saturated heterocycles. The average Bonchev–Trinajstić information content (AvgIpc) is 2.38. The Morgan fingerprint density at radius 1 is 1.29 bits per heavy atom. The molecule has 0 bridgehead atoms. The van der Waals surface area contributed by atoms with Crippen LogP contribution in [0.1, 0.15) is 19.4 Å². The predicted molar refractivity (Wildman–Crippen MR) is 82.7 cm³/mol. The van der Waals surface area contributed by atoms with Crippen molar-refractivity contribution >= 4 is 24.0 Å². The molecule has 2 rings (SSSR count). The van der Waals surface area contributed by atoms with Crippen LogP contribution in [0.5, 0.6) is 0 Å². The number of non-ortho nitro benzene ring substituents is 1. The SMILES string of the molecule is CC1CN(C(=O)Cc2ccc([N+](=O)[O-])cc2)CC(C)N1.Cl. The first-order valence-corrected chi connectivity index (χ1v) is 6.73. The molecule has 1 aromatic carbocycles. The Labute approximate surface area is 130 Å². The zero-order valence-electron chi connectivity index (χ0n) is 12.1. The molecule has 1 aromatic rings. The molecule has 0 spiro atoms. The van der Waals surface area contributed by atoms with E-state index >= 15 is 0 Å². The van der Waals surface area contributed by atoms with E-state index in [0.717, 1.165) is 5.56 Å². The van der Waals surface area contributed by atoms with Gasteiger partial charge < -0.3 is 10.2 Å². The lowest BCUT2D eigenvalue weighted by molar-refractivity contribution is -0.384. The minimum atomic E-state index is -0.439. The van der Waals surface area contributed by atoms with Crippen molar-refractivity contribution in [3.8, 4) is 0 Å². The molecule has 0 radical (unpaired) electrons. The van der Waals surface area contributed by atoms with Gasteiger partial charge in [-0.1, -0.05) is 12.1 Å². The third kappa shape index (κ3) is 4.68. The maximum absolute atomic E-state index is 12.2. The highest BCUT2D eigenvalue weighted by Crippen LogP contribution is 2.14. The minimum Gasteiger partial charge on any atom is -0.339 e. The number of nitro groups is 1. The number of nitrogens with one attached hydrogen (secondary N) is 1. The summed E-state index contributed by atoms with van der Waals surface area (Å²) in [5.41, 5.74) is 0.852. The fourth-order valence-electron chi connectivity index (χ4n) is 2.55. The minimum absolute atomic E-state index is 0. The van der Waals surface area contributed by atoms with Gasteiger partial charge in [-0.15, -0.1) is 12.4 Å². The van der Waals surface area contributed by atoms with Crippen molar-refractivity contribution in [2.24, 2.45) is 0 Å². The van der Waals surface area contributed by atoms with Gasteiger partial charge in [0.25, 0.3) is 5.69 Å². The first kappa shape index (κ1) is 17.4. The van der Waals surface area contributed by atoms with Crippen LogP contribution < -0.4 is 5.32 Å². The molecule has 1 heterocycles. The number of hydrogen-bond acceptors (Lipinski definition) is 4. The van der Waals surface area contributed by atoms with Gasteiger partial charge in [0.2, 0.25) is 5.91 Å². The first-order chi connectivity index (χ1) is 9.45. The summed E-state index contributed by atoms with van der Waals surface area (Å²) >= 11 is 0. The van der Waals surface area contributed by atoms with Crippen LogP contribution in [0.3, 0.4) is 0 Å². The zero-order chi connectivity index (χ0) is 14.7. The summed E-state index contributed by atoms with van der Waals surface area (Å²) in [4.78, 5) is 24.2. The van der Waals surface area contributed by atoms with Crippen molar-refractivity contribution in [3.05, 3.63) is 39.9 Å². The molecule has 6 nitrogen and oxygen atoms in total. The Morgan fingerprint density at radius 3 is 2.29 bits per heavy atom. The highest BCUT2D eigenvalue weighted by Gasteiger charge is 2.24. The molecular formula is C14H20ClN3O3. The van der Waals surface area contributed by atoms with Crippen LogP contribution in [0, 0.1) is 10.1 Å². The monoisotopic (exact) mass is 313 g/mol. The normalized spacial score (nSPS) is 21.5. The Kier molecular flexibility index (Phi) is 6.11. The maximum Gasteiger partial charge on any atom is 0.269 e. The number of nitrogens with zero attached hydrogens (tertiary/aromatic N) is 2. The average molecular weight is 314 g/mol. The van der Waals surface area contributed by atoms with Gasteiger partial charge in [0, 0.05) is 37.3 Å². The van der Waals surface area contributed by atoms with E-state index in [0.29, 0.717) is 25.2 Å². The molecule has 116 valence electrons. The van der Waals surface area contributed by atoms with E-state index in [1.54, 1.807) is 12.1 Å². The van der Waals surface area contributed by atoms with Gasteiger partial charge in [-0.2, -0.15) is 0 Å². The van der Waals surface area contributed by atoms with Crippen LogP contribution in [0.4, 0.5) is 5.69 Å². The number of rotatable bonds is 3. The van der Waals surface area contributed by atoms with E-state index in [1.165, 1.54) is 12.1 Å². The largest absolute Gasteiger partial charge is 0.339 e. The lowest BCUT2D eigenvalue weighted by Crippen LogP contribution is -2.56. The third-order valence-corrected chi connectivity index (χ3v) is 3.41. The van der Waals surface area contributed by atoms with Crippen LogP contribution in [-0.2, 0) is 11.2 Å². The molecule has 0 saturated carbocycles. The Bertz CT molecular complexity index is 497. The summed E-state index contributed by atoms with van der Waals surface area (Å²) in [5, 5.41) is 14.0. The van der Waals surface area contributed by atoms with Crippen molar-refractivity contribution in [2.45, 2.75) is 32.4 Å². The second kappa shape index (κ2) is 7.38. The molecule has 2 unspecified atom stereocenters. The summed E-state index contributed by atoms with van der Waals surface area (Å²) in [6, 6.07) is 6.74. The smallest absolute Gasteiger partial charge is 0.269 e. The molecule has 1 N–H and O–H groups in total. The number of benzene rings is 1. The highest BCUT2D eigenvalue weighted by atomic mass is 35.5. The summed E-state index contributed by atoms with van der Waals surface area (Å²) < 4.78 is 0. The molecule has 0 aromatic heterocycles. The number of hydrogen-bond donors (Lipinski definition) is 1. The van der Waals surface area contributed by atoms with Gasteiger partial charge in [0.05, 0.1) is 11.3 Å². The number of halogens is 1. The van der Waals surface area contributed by atoms with Crippen LogP contribution in [0.2, 0.25) is 0 Å². The van der Waals surface area contributed by atoms with Gasteiger partial charge in [0.15, 0.2) is 0 Å². The van der Waals surface area contributed by atoms with Crippen LogP contribution in [0.25, 0.3) is 0 Å². The van der Waals surface area contributed by atoms with Crippen molar-refractivity contribution in [2.75, 3.05) is 13.1 Å². The van der Waals surface area contributed by atoms with Gasteiger partial charge in [0.1, 0.15) is 0 Å². The summed E-state index contributed by atoms with van der Waals surface area (Å²) in [5.74, 6) is 0.0686. The van der Waals surface area contributed by atoms with Crippen LogP contribution in [0.15, 0.2) is 24.3 Å². The second-order valence-corrected chi connectivity index (χ2v) is 5.37. The molecule has 2 atom stereocenters. The fourth-order valence-corrected chi connectivity index (χ4v) is 2.55. The van der Waals surface area contributed by atoms with Gasteiger partial charge in [-0.3, -0.25) is 14.9 Å². The topological polar surface area (TPSA) is 75.5 Å². The summed E-state index contributed by atoms with van der Waals surface area (Å²) in [6.45, 7) is 5.52. The van der Waals surface area contributed by atoms with E-state index in [2.05, 4.69) is 19.2 Å². The van der Waals surface area contributed by atoms with E-state index in [-0.39, 0.29) is 30.4 Å². The third-order valence-electron chi connectivity index (χ3n) is 3.41. The summed E-state index contributed by atoms with van der Waals surface area (Å²) in [7, 11) is 0.